The van der Waals surface area contributed by atoms with Gasteiger partial charge in [0.05, 0.1) is 15.4 Å². The Labute approximate surface area is 115 Å². The van der Waals surface area contributed by atoms with Gasteiger partial charge in [-0.3, -0.25) is 20.2 Å². The van der Waals surface area contributed by atoms with Gasteiger partial charge in [-0.25, -0.2) is 4.79 Å². The molecule has 0 spiro atoms. The molecule has 0 saturated carbocycles. The molecular formula is C7H3N2NaO7. The van der Waals surface area contributed by atoms with E-state index in [1.807, 2.05) is 0 Å². The maximum Gasteiger partial charge on any atom is 1.00 e. The van der Waals surface area contributed by atoms with Gasteiger partial charge in [-0.15, -0.1) is 0 Å². The Kier molecular flexibility index (Phi) is 5.01. The number of aromatic carboxylic acids is 1. The van der Waals surface area contributed by atoms with Crippen LogP contribution in [-0.2, 0) is 0 Å². The summed E-state index contributed by atoms with van der Waals surface area (Å²) >= 11 is 0. The van der Waals surface area contributed by atoms with E-state index in [1.54, 1.807) is 0 Å². The first-order valence-electron chi connectivity index (χ1n) is 3.72. The number of nitrogens with zero attached hydrogens (tertiary/aromatic N) is 2. The Morgan fingerprint density at radius 1 is 1.18 bits per heavy atom. The third-order valence-electron chi connectivity index (χ3n) is 1.72. The van der Waals surface area contributed by atoms with Crippen LogP contribution >= 0.6 is 0 Å². The van der Waals surface area contributed by atoms with E-state index in [9.17, 15) is 30.1 Å². The van der Waals surface area contributed by atoms with Crippen LogP contribution in [0.1, 0.15) is 10.4 Å². The Morgan fingerprint density at radius 2 is 1.71 bits per heavy atom. The van der Waals surface area contributed by atoms with E-state index in [-0.39, 0.29) is 29.6 Å². The maximum absolute atomic E-state index is 11.3. The van der Waals surface area contributed by atoms with Crippen molar-refractivity contribution in [1.82, 2.24) is 0 Å². The molecule has 0 aromatic heterocycles. The van der Waals surface area contributed by atoms with Crippen LogP contribution in [0.25, 0.3) is 0 Å². The molecule has 0 saturated heterocycles. The van der Waals surface area contributed by atoms with Crippen LogP contribution < -0.4 is 34.7 Å². The minimum absolute atomic E-state index is 0. The first kappa shape index (κ1) is 15.3. The molecule has 1 rings (SSSR count). The Balaban J connectivity index is 0.00000256. The SMILES string of the molecule is O=C(O)c1ccc([N+](=O)[O-])c([N+](=O)[O-])c1[O-].[Na+]. The standard InChI is InChI=1S/C7H4N2O7.Na/c10-6-3(7(11)12)1-2-4(8(13)14)5(6)9(15)16;/h1-2,10H,(H,11,12);/q;+1/p-1. The number of hydrogen-bond donors (Lipinski definition) is 1. The van der Waals surface area contributed by atoms with Crippen molar-refractivity contribution >= 4 is 17.3 Å². The number of carboxylic acid groups (broad SMARTS) is 1. The molecule has 0 radical (unpaired) electrons. The zero-order valence-electron chi connectivity index (χ0n) is 8.45. The topological polar surface area (TPSA) is 147 Å². The molecule has 0 bridgehead atoms. The molecule has 10 heteroatoms. The van der Waals surface area contributed by atoms with Crippen molar-refractivity contribution in [2.75, 3.05) is 0 Å². The van der Waals surface area contributed by atoms with Crippen molar-refractivity contribution < 1.29 is 54.4 Å². The second-order valence-corrected chi connectivity index (χ2v) is 2.63. The van der Waals surface area contributed by atoms with Crippen LogP contribution in [-0.4, -0.2) is 20.9 Å². The van der Waals surface area contributed by atoms with Gasteiger partial charge in [-0.1, -0.05) is 0 Å². The van der Waals surface area contributed by atoms with Crippen LogP contribution in [0.3, 0.4) is 0 Å². The molecule has 0 aliphatic carbocycles. The average molecular weight is 250 g/mol. The van der Waals surface area contributed by atoms with Gasteiger partial charge in [0.25, 0.3) is 0 Å². The number of carboxylic acids is 1. The van der Waals surface area contributed by atoms with Gasteiger partial charge in [-0.2, -0.15) is 0 Å². The number of benzene rings is 1. The first-order valence-corrected chi connectivity index (χ1v) is 3.72. The van der Waals surface area contributed by atoms with Gasteiger partial charge in [0.15, 0.2) is 0 Å². The van der Waals surface area contributed by atoms with Crippen molar-refractivity contribution in [3.05, 3.63) is 37.9 Å². The summed E-state index contributed by atoms with van der Waals surface area (Å²) in [5, 5.41) is 40.6. The van der Waals surface area contributed by atoms with E-state index in [0.717, 1.165) is 0 Å². The molecular weight excluding hydrogens is 247 g/mol. The van der Waals surface area contributed by atoms with Crippen LogP contribution in [0.4, 0.5) is 11.4 Å². The third kappa shape index (κ3) is 2.90. The summed E-state index contributed by atoms with van der Waals surface area (Å²) < 4.78 is 0. The molecule has 1 aromatic rings. The summed E-state index contributed by atoms with van der Waals surface area (Å²) in [6.45, 7) is 0. The van der Waals surface area contributed by atoms with E-state index in [0.29, 0.717) is 12.1 Å². The quantitative estimate of drug-likeness (QED) is 0.348. The molecule has 84 valence electrons. The largest absolute Gasteiger partial charge is 1.00 e. The fraction of sp³-hybridized carbons (Fsp3) is 0. The molecule has 17 heavy (non-hydrogen) atoms. The molecule has 0 atom stereocenters. The van der Waals surface area contributed by atoms with Gasteiger partial charge in [0.2, 0.25) is 0 Å². The molecule has 1 N–H and O–H groups in total. The first-order chi connectivity index (χ1) is 7.36. The third-order valence-corrected chi connectivity index (χ3v) is 1.72. The second kappa shape index (κ2) is 5.57. The fourth-order valence-corrected chi connectivity index (χ4v) is 1.05. The predicted octanol–water partition coefficient (Wildman–Crippen LogP) is -2.72. The zero-order chi connectivity index (χ0) is 12.5. The van der Waals surface area contributed by atoms with E-state index < -0.39 is 38.5 Å². The minimum Gasteiger partial charge on any atom is -0.867 e. The summed E-state index contributed by atoms with van der Waals surface area (Å²) in [5.74, 6) is -3.16. The second-order valence-electron chi connectivity index (χ2n) is 2.63. The monoisotopic (exact) mass is 250 g/mol. The van der Waals surface area contributed by atoms with Gasteiger partial charge in [0.1, 0.15) is 0 Å². The Morgan fingerprint density at radius 3 is 2.06 bits per heavy atom. The van der Waals surface area contributed by atoms with Crippen molar-refractivity contribution in [3.8, 4) is 5.75 Å². The predicted molar refractivity (Wildman–Crippen MR) is 46.2 cm³/mol. The van der Waals surface area contributed by atoms with E-state index >= 15 is 0 Å². The minimum atomic E-state index is -1.68. The summed E-state index contributed by atoms with van der Waals surface area (Å²) in [4.78, 5) is 28.9. The summed E-state index contributed by atoms with van der Waals surface area (Å²) in [7, 11) is 0. The number of nitro benzene ring substituents is 2. The molecule has 0 heterocycles. The van der Waals surface area contributed by atoms with Gasteiger partial charge in [0, 0.05) is 6.07 Å². The Bertz CT molecular complexity index is 501. The van der Waals surface area contributed by atoms with Crippen LogP contribution in [0.2, 0.25) is 0 Å². The molecule has 1 aromatic carbocycles. The maximum atomic E-state index is 11.3. The normalized spacial score (nSPS) is 9.18. The van der Waals surface area contributed by atoms with Gasteiger partial charge >= 0.3 is 46.9 Å². The molecule has 0 amide bonds. The molecule has 0 fully saturated rings. The van der Waals surface area contributed by atoms with E-state index in [1.165, 1.54) is 0 Å². The summed E-state index contributed by atoms with van der Waals surface area (Å²) in [6, 6.07) is 1.28. The summed E-state index contributed by atoms with van der Waals surface area (Å²) in [5.41, 5.74) is -3.25. The fourth-order valence-electron chi connectivity index (χ4n) is 1.05. The van der Waals surface area contributed by atoms with E-state index in [4.69, 9.17) is 5.11 Å². The molecule has 0 aliphatic rings. The average Bonchev–Trinajstić information content (AvgIpc) is 2.15. The number of hydrogen-bond acceptors (Lipinski definition) is 6. The van der Waals surface area contributed by atoms with Crippen molar-refractivity contribution in [2.24, 2.45) is 0 Å². The van der Waals surface area contributed by atoms with E-state index in [2.05, 4.69) is 0 Å². The molecule has 0 aliphatic heterocycles. The van der Waals surface area contributed by atoms with Crippen LogP contribution in [0, 0.1) is 20.2 Å². The van der Waals surface area contributed by atoms with Crippen molar-refractivity contribution in [2.45, 2.75) is 0 Å². The van der Waals surface area contributed by atoms with Crippen molar-refractivity contribution in [3.63, 3.8) is 0 Å². The van der Waals surface area contributed by atoms with Gasteiger partial charge in [-0.05, 0) is 11.8 Å². The van der Waals surface area contributed by atoms with Crippen LogP contribution in [0.5, 0.6) is 5.75 Å². The molecule has 0 unspecified atom stereocenters. The van der Waals surface area contributed by atoms with Crippen molar-refractivity contribution in [1.29, 1.82) is 0 Å². The summed E-state index contributed by atoms with van der Waals surface area (Å²) in [6.07, 6.45) is 0. The number of nitro groups is 2. The number of carbonyl (C=O) groups is 1. The smallest absolute Gasteiger partial charge is 0.867 e. The Hall–Kier alpha value is -1.71. The molecule has 9 nitrogen and oxygen atoms in total. The number of rotatable bonds is 3. The zero-order valence-corrected chi connectivity index (χ0v) is 10.4. The van der Waals surface area contributed by atoms with Crippen LogP contribution in [0.15, 0.2) is 12.1 Å². The van der Waals surface area contributed by atoms with Gasteiger partial charge < -0.3 is 10.2 Å².